The molecule has 47 heavy (non-hydrogen) atoms. The molecule has 3 rings (SSSR count). The third-order valence-electron chi connectivity index (χ3n) is 7.76. The summed E-state index contributed by atoms with van der Waals surface area (Å²) < 4.78 is 34.5. The number of aromatic carboxylic acids is 1. The Labute approximate surface area is 278 Å². The molecule has 0 saturated heterocycles. The number of hydrogen-bond acceptors (Lipinski definition) is 7. The van der Waals surface area contributed by atoms with Gasteiger partial charge in [0.05, 0.1) is 16.0 Å². The summed E-state index contributed by atoms with van der Waals surface area (Å²) >= 11 is 0. The largest absolute Gasteiger partial charge is 0.507 e. The smallest absolute Gasteiger partial charge is 0.343 e. The lowest BCUT2D eigenvalue weighted by atomic mass is 9.78. The van der Waals surface area contributed by atoms with E-state index in [-0.39, 0.29) is 33.1 Å². The van der Waals surface area contributed by atoms with Crippen LogP contribution in [0.25, 0.3) is 0 Å². The molecule has 0 aliphatic rings. The molecular weight excluding hydrogens is 618 g/mol. The third-order valence-corrected chi connectivity index (χ3v) is 9.11. The van der Waals surface area contributed by atoms with Crippen LogP contribution in [0.5, 0.6) is 11.5 Å². The van der Waals surface area contributed by atoms with E-state index in [1.807, 2.05) is 83.1 Å². The molecule has 0 aromatic heterocycles. The minimum atomic E-state index is -4.35. The van der Waals surface area contributed by atoms with Crippen molar-refractivity contribution in [3.8, 4) is 11.5 Å². The van der Waals surface area contributed by atoms with Crippen LogP contribution in [-0.2, 0) is 31.7 Å². The van der Waals surface area contributed by atoms with Gasteiger partial charge in [-0.1, -0.05) is 83.1 Å². The van der Waals surface area contributed by atoms with E-state index in [1.165, 1.54) is 12.1 Å². The molecule has 0 saturated carbocycles. The number of carboxylic acid groups (broad SMARTS) is 1. The topological polar surface area (TPSA) is 147 Å². The zero-order chi connectivity index (χ0) is 36.1. The summed E-state index contributed by atoms with van der Waals surface area (Å²) in [5, 5.41) is 20.3. The number of nitrogens with one attached hydrogen (secondary N) is 1. The Hall–Kier alpha value is -4.18. The SMILES string of the molecule is CC(C)(C)c1cc(C(=O)Oc2c(C(C)(C)C)cc(C(=O)NS(=O)(=O)c3ccc(C(=O)O)cc3)cc2C(C)(C)C)cc(C(C)(C)C)c1O. The van der Waals surface area contributed by atoms with E-state index in [9.17, 15) is 27.9 Å². The number of amides is 1. The molecule has 10 heteroatoms. The molecule has 3 aromatic carbocycles. The molecule has 0 fully saturated rings. The minimum Gasteiger partial charge on any atom is -0.507 e. The summed E-state index contributed by atoms with van der Waals surface area (Å²) in [6.07, 6.45) is 0. The number of aromatic hydroxyl groups is 1. The van der Waals surface area contributed by atoms with Crippen molar-refractivity contribution >= 4 is 27.9 Å². The summed E-state index contributed by atoms with van der Waals surface area (Å²) in [7, 11) is -4.35. The lowest BCUT2D eigenvalue weighted by Gasteiger charge is -2.30. The van der Waals surface area contributed by atoms with Crippen LogP contribution in [0.2, 0.25) is 0 Å². The molecule has 0 atom stereocenters. The second-order valence-corrected chi connectivity index (χ2v) is 17.7. The lowest BCUT2D eigenvalue weighted by Crippen LogP contribution is -2.32. The first-order valence-corrected chi connectivity index (χ1v) is 16.8. The second-order valence-electron chi connectivity index (χ2n) is 16.0. The van der Waals surface area contributed by atoms with Gasteiger partial charge >= 0.3 is 11.9 Å². The van der Waals surface area contributed by atoms with Crippen molar-refractivity contribution in [1.82, 2.24) is 4.72 Å². The number of carbonyl (C=O) groups is 3. The van der Waals surface area contributed by atoms with Crippen LogP contribution >= 0.6 is 0 Å². The van der Waals surface area contributed by atoms with E-state index in [4.69, 9.17) is 9.84 Å². The summed E-state index contributed by atoms with van der Waals surface area (Å²) in [5.74, 6) is -2.35. The lowest BCUT2D eigenvalue weighted by molar-refractivity contribution is 0.0693. The number of benzene rings is 3. The first kappa shape index (κ1) is 37.3. The van der Waals surface area contributed by atoms with Gasteiger partial charge in [0.15, 0.2) is 0 Å². The fraction of sp³-hybridized carbons (Fsp3) is 0.432. The van der Waals surface area contributed by atoms with Crippen molar-refractivity contribution in [2.24, 2.45) is 0 Å². The van der Waals surface area contributed by atoms with Gasteiger partial charge in [0.1, 0.15) is 11.5 Å². The molecule has 9 nitrogen and oxygen atoms in total. The molecule has 3 N–H and O–H groups in total. The number of esters is 1. The Balaban J connectivity index is 2.17. The maximum atomic E-state index is 14.0. The predicted molar refractivity (Wildman–Crippen MR) is 182 cm³/mol. The van der Waals surface area contributed by atoms with Crippen molar-refractivity contribution in [2.45, 2.75) is 110 Å². The van der Waals surface area contributed by atoms with Crippen LogP contribution in [0.3, 0.4) is 0 Å². The summed E-state index contributed by atoms with van der Waals surface area (Å²) in [4.78, 5) is 38.4. The fourth-order valence-corrected chi connectivity index (χ4v) is 6.02. The number of phenolic OH excluding ortho intramolecular Hbond substituents is 1. The highest BCUT2D eigenvalue weighted by molar-refractivity contribution is 7.90. The Kier molecular flexibility index (Phi) is 9.87. The molecule has 0 heterocycles. The Bertz CT molecular complexity index is 1760. The van der Waals surface area contributed by atoms with E-state index < -0.39 is 49.5 Å². The number of carbonyl (C=O) groups excluding carboxylic acids is 2. The molecule has 0 unspecified atom stereocenters. The van der Waals surface area contributed by atoms with Crippen molar-refractivity contribution in [2.75, 3.05) is 0 Å². The second kappa shape index (κ2) is 12.4. The molecule has 0 aliphatic heterocycles. The fourth-order valence-electron chi connectivity index (χ4n) is 5.05. The summed E-state index contributed by atoms with van der Waals surface area (Å²) in [6, 6.07) is 10.9. The van der Waals surface area contributed by atoms with Gasteiger partial charge in [-0.25, -0.2) is 22.7 Å². The number of carboxylic acids is 1. The molecule has 0 radical (unpaired) electrons. The van der Waals surface area contributed by atoms with Crippen LogP contribution in [0, 0.1) is 0 Å². The van der Waals surface area contributed by atoms with Crippen molar-refractivity contribution < 1.29 is 37.8 Å². The average molecular weight is 666 g/mol. The highest BCUT2D eigenvalue weighted by atomic mass is 32.2. The van der Waals surface area contributed by atoms with E-state index >= 15 is 0 Å². The van der Waals surface area contributed by atoms with Crippen molar-refractivity contribution in [3.05, 3.63) is 87.5 Å². The van der Waals surface area contributed by atoms with E-state index in [2.05, 4.69) is 4.72 Å². The number of ether oxygens (including phenoxy) is 1. The molecule has 0 spiro atoms. The molecule has 3 aromatic rings. The van der Waals surface area contributed by atoms with Crippen LogP contribution < -0.4 is 9.46 Å². The first-order valence-electron chi connectivity index (χ1n) is 15.3. The van der Waals surface area contributed by atoms with Crippen LogP contribution in [0.4, 0.5) is 0 Å². The Morgan fingerprint density at radius 1 is 0.617 bits per heavy atom. The number of rotatable bonds is 6. The van der Waals surface area contributed by atoms with Crippen molar-refractivity contribution in [3.63, 3.8) is 0 Å². The highest BCUT2D eigenvalue weighted by Gasteiger charge is 2.33. The highest BCUT2D eigenvalue weighted by Crippen LogP contribution is 2.43. The zero-order valence-corrected chi connectivity index (χ0v) is 30.2. The minimum absolute atomic E-state index is 0.0417. The number of sulfonamides is 1. The van der Waals surface area contributed by atoms with Gasteiger partial charge in [-0.05, 0) is 70.2 Å². The first-order chi connectivity index (χ1) is 21.1. The predicted octanol–water partition coefficient (Wildman–Crippen LogP) is 7.62. The summed E-state index contributed by atoms with van der Waals surface area (Å²) in [6.45, 7) is 23.1. The van der Waals surface area contributed by atoms with Crippen LogP contribution in [-0.4, -0.2) is 36.5 Å². The normalized spacial score (nSPS) is 12.9. The van der Waals surface area contributed by atoms with Crippen LogP contribution in [0.1, 0.15) is 136 Å². The van der Waals surface area contributed by atoms with Gasteiger partial charge in [0.25, 0.3) is 15.9 Å². The maximum Gasteiger partial charge on any atom is 0.343 e. The maximum absolute atomic E-state index is 14.0. The van der Waals surface area contributed by atoms with Gasteiger partial charge in [0, 0.05) is 27.8 Å². The van der Waals surface area contributed by atoms with Gasteiger partial charge in [-0.3, -0.25) is 4.79 Å². The molecule has 1 amide bonds. The quantitative estimate of drug-likeness (QED) is 0.180. The van der Waals surface area contributed by atoms with Gasteiger partial charge in [0.2, 0.25) is 0 Å². The number of hydrogen-bond donors (Lipinski definition) is 3. The standard InChI is InChI=1S/C37H47NO8S/c1-34(2,3)25-19-23(20-26(29(25)39)35(4,5)6)33(43)46-30-27(36(7,8)9)17-22(18-28(30)37(10,11)12)31(40)38-47(44,45)24-15-13-21(14-16-24)32(41)42/h13-20,39H,1-12H3,(H,38,40)(H,41,42). The Morgan fingerprint density at radius 3 is 1.36 bits per heavy atom. The van der Waals surface area contributed by atoms with Gasteiger partial charge in [-0.2, -0.15) is 0 Å². The molecule has 0 bridgehead atoms. The summed E-state index contributed by atoms with van der Waals surface area (Å²) in [5.41, 5.74) is 0.196. The van der Waals surface area contributed by atoms with E-state index in [0.717, 1.165) is 24.3 Å². The van der Waals surface area contributed by atoms with Gasteiger partial charge in [-0.15, -0.1) is 0 Å². The molecule has 0 aliphatic carbocycles. The monoisotopic (exact) mass is 665 g/mol. The van der Waals surface area contributed by atoms with Crippen LogP contribution in [0.15, 0.2) is 53.4 Å². The zero-order valence-electron chi connectivity index (χ0n) is 29.4. The van der Waals surface area contributed by atoms with Crippen molar-refractivity contribution in [1.29, 1.82) is 0 Å². The average Bonchev–Trinajstić information content (AvgIpc) is 2.90. The molecule has 254 valence electrons. The van der Waals surface area contributed by atoms with Gasteiger partial charge < -0.3 is 14.9 Å². The number of phenols is 1. The van der Waals surface area contributed by atoms with E-state index in [0.29, 0.717) is 22.3 Å². The third kappa shape index (κ3) is 8.41. The Morgan fingerprint density at radius 2 is 1.00 bits per heavy atom. The molecular formula is C37H47NO8S. The van der Waals surface area contributed by atoms with E-state index in [1.54, 1.807) is 12.1 Å².